The summed E-state index contributed by atoms with van der Waals surface area (Å²) in [7, 11) is -0.932. The molecule has 88 valence electrons. The molecule has 0 fully saturated rings. The van der Waals surface area contributed by atoms with E-state index in [-0.39, 0.29) is 13.2 Å². The summed E-state index contributed by atoms with van der Waals surface area (Å²) in [4.78, 5) is 22.9. The molecule has 0 saturated carbocycles. The van der Waals surface area contributed by atoms with Gasteiger partial charge in [-0.1, -0.05) is 0 Å². The van der Waals surface area contributed by atoms with Gasteiger partial charge in [-0.3, -0.25) is 4.57 Å². The van der Waals surface area contributed by atoms with E-state index in [0.717, 1.165) is 0 Å². The summed E-state index contributed by atoms with van der Waals surface area (Å²) in [5.74, 6) is 0. The second kappa shape index (κ2) is 7.30. The molecule has 8 heteroatoms. The van der Waals surface area contributed by atoms with E-state index in [1.54, 1.807) is 0 Å². The number of likely N-dealkylation sites (N-methyl/N-ethyl adjacent to an activating group) is 1. The summed E-state index contributed by atoms with van der Waals surface area (Å²) >= 11 is 0. The molecule has 14 heavy (non-hydrogen) atoms. The number of phosphoric acid groups is 1. The Morgan fingerprint density at radius 3 is 1.50 bits per heavy atom. The van der Waals surface area contributed by atoms with Gasteiger partial charge in [0.15, 0.2) is 0 Å². The highest BCUT2D eigenvalue weighted by molar-refractivity contribution is 7.43. The molecule has 0 aliphatic heterocycles. The van der Waals surface area contributed by atoms with Crippen molar-refractivity contribution >= 4 is 7.82 Å². The Kier molecular flexibility index (Phi) is 8.57. The lowest BCUT2D eigenvalue weighted by Gasteiger charge is -2.27. The summed E-state index contributed by atoms with van der Waals surface area (Å²) in [5.41, 5.74) is 0. The van der Waals surface area contributed by atoms with Crippen LogP contribution in [-0.2, 0) is 4.57 Å². The molecule has 0 aliphatic rings. The fourth-order valence-corrected chi connectivity index (χ4v) is 0.653. The lowest BCUT2D eigenvalue weighted by molar-refractivity contribution is -0.890. The van der Waals surface area contributed by atoms with Crippen LogP contribution in [0.4, 0.5) is 0 Å². The van der Waals surface area contributed by atoms with Gasteiger partial charge in [-0.05, 0) is 0 Å². The average molecular weight is 231 g/mol. The summed E-state index contributed by atoms with van der Waals surface area (Å²) < 4.78 is 9.46. The molecule has 4 N–H and O–H groups in total. The van der Waals surface area contributed by atoms with Crippen LogP contribution >= 0.6 is 7.82 Å². The lowest BCUT2D eigenvalue weighted by atomic mass is 10.4. The highest BCUT2D eigenvalue weighted by atomic mass is 31.2. The van der Waals surface area contributed by atoms with Crippen LogP contribution in [0.1, 0.15) is 0 Å². The van der Waals surface area contributed by atoms with E-state index in [0.29, 0.717) is 17.6 Å². The Hall–Kier alpha value is -0.0100. The zero-order chi connectivity index (χ0) is 11.8. The zero-order valence-corrected chi connectivity index (χ0v) is 9.22. The molecule has 0 aromatic heterocycles. The van der Waals surface area contributed by atoms with E-state index in [2.05, 4.69) is 0 Å². The quantitative estimate of drug-likeness (QED) is 0.313. The Balaban J connectivity index is 0. The normalized spacial score (nSPS) is 11.9. The van der Waals surface area contributed by atoms with E-state index in [9.17, 15) is 0 Å². The smallest absolute Gasteiger partial charge is 0.262 e. The predicted octanol–water partition coefficient (Wildman–Crippen LogP) is -2.51. The minimum Gasteiger partial charge on any atom is -0.756 e. The van der Waals surface area contributed by atoms with E-state index >= 15 is 0 Å². The van der Waals surface area contributed by atoms with Crippen LogP contribution in [-0.4, -0.2) is 64.9 Å². The summed E-state index contributed by atoms with van der Waals surface area (Å²) in [6, 6.07) is 0. The van der Waals surface area contributed by atoms with Gasteiger partial charge < -0.3 is 29.4 Å². The van der Waals surface area contributed by atoms with Crippen LogP contribution in [0.2, 0.25) is 0 Å². The maximum absolute atomic E-state index is 8.77. The SMILES string of the molecule is C[N+](C)(CCO)CCO.O=P([O-])(O)O. The van der Waals surface area contributed by atoms with Crippen LogP contribution in [0.15, 0.2) is 0 Å². The average Bonchev–Trinajstić information content (AvgIpc) is 1.81. The molecule has 7 nitrogen and oxygen atoms in total. The molecule has 0 amide bonds. The predicted molar refractivity (Wildman–Crippen MR) is 48.1 cm³/mol. The number of quaternary nitrogens is 1. The van der Waals surface area contributed by atoms with Crippen molar-refractivity contribution in [3.05, 3.63) is 0 Å². The number of rotatable bonds is 4. The molecule has 0 unspecified atom stereocenters. The van der Waals surface area contributed by atoms with Crippen molar-refractivity contribution in [2.75, 3.05) is 40.4 Å². The van der Waals surface area contributed by atoms with E-state index in [4.69, 9.17) is 29.5 Å². The molecule has 0 aliphatic carbocycles. The summed E-state index contributed by atoms with van der Waals surface area (Å²) in [5, 5.41) is 17.1. The van der Waals surface area contributed by atoms with Crippen LogP contribution in [0, 0.1) is 0 Å². The first-order valence-corrected chi connectivity index (χ1v) is 5.45. The van der Waals surface area contributed by atoms with Crippen LogP contribution < -0.4 is 4.89 Å². The first-order chi connectivity index (χ1) is 6.12. The van der Waals surface area contributed by atoms with E-state index < -0.39 is 7.82 Å². The standard InChI is InChI=1S/C6H16NO2.H3O4P/c1-7(2,3-5-8)4-6-9;1-5(2,3)4/h8-9H,3-6H2,1-2H3;(H3,1,2,3,4)/q+1;/p-1. The zero-order valence-electron chi connectivity index (χ0n) is 8.33. The van der Waals surface area contributed by atoms with Crippen LogP contribution in [0.5, 0.6) is 0 Å². The Bertz CT molecular complexity index is 163. The van der Waals surface area contributed by atoms with Crippen molar-refractivity contribution in [2.45, 2.75) is 0 Å². The molecule has 0 rings (SSSR count). The molecule has 0 radical (unpaired) electrons. The van der Waals surface area contributed by atoms with Crippen molar-refractivity contribution in [3.63, 3.8) is 0 Å². The third-order valence-corrected chi connectivity index (χ3v) is 1.41. The van der Waals surface area contributed by atoms with Gasteiger partial charge in [0.05, 0.1) is 27.3 Å². The monoisotopic (exact) mass is 231 g/mol. The highest BCUT2D eigenvalue weighted by Gasteiger charge is 2.11. The second-order valence-electron chi connectivity index (χ2n) is 3.32. The third kappa shape index (κ3) is 22.7. The minimum atomic E-state index is -4.89. The first kappa shape index (κ1) is 16.4. The Morgan fingerprint density at radius 2 is 1.36 bits per heavy atom. The molecular weight excluding hydrogens is 213 g/mol. The molecule has 0 bridgehead atoms. The number of aliphatic hydroxyl groups excluding tert-OH is 2. The first-order valence-electron chi connectivity index (χ1n) is 3.92. The number of aliphatic hydroxyl groups is 2. The molecule has 0 aromatic rings. The van der Waals surface area contributed by atoms with Gasteiger partial charge >= 0.3 is 0 Å². The topological polar surface area (TPSA) is 121 Å². The van der Waals surface area contributed by atoms with Gasteiger partial charge in [0, 0.05) is 0 Å². The number of nitrogens with zero attached hydrogens (tertiary/aromatic N) is 1. The minimum absolute atomic E-state index is 0.188. The van der Waals surface area contributed by atoms with Gasteiger partial charge in [0.1, 0.15) is 13.1 Å². The van der Waals surface area contributed by atoms with E-state index in [1.807, 2.05) is 14.1 Å². The third-order valence-electron chi connectivity index (χ3n) is 1.41. The molecule has 0 heterocycles. The van der Waals surface area contributed by atoms with Crippen LogP contribution in [0.3, 0.4) is 0 Å². The number of hydrogen-bond donors (Lipinski definition) is 4. The highest BCUT2D eigenvalue weighted by Crippen LogP contribution is 2.18. The van der Waals surface area contributed by atoms with Crippen molar-refractivity contribution in [2.24, 2.45) is 0 Å². The summed E-state index contributed by atoms with van der Waals surface area (Å²) in [6.07, 6.45) is 0. The van der Waals surface area contributed by atoms with E-state index in [1.165, 1.54) is 0 Å². The molecule has 0 atom stereocenters. The van der Waals surface area contributed by atoms with Gasteiger partial charge in [0.2, 0.25) is 0 Å². The van der Waals surface area contributed by atoms with Gasteiger partial charge in [0.25, 0.3) is 7.82 Å². The van der Waals surface area contributed by atoms with Crippen molar-refractivity contribution < 1.29 is 33.9 Å². The maximum atomic E-state index is 8.77. The Labute approximate surface area is 83.1 Å². The van der Waals surface area contributed by atoms with Gasteiger partial charge in [-0.2, -0.15) is 0 Å². The number of hydrogen-bond acceptors (Lipinski definition) is 4. The maximum Gasteiger partial charge on any atom is 0.262 e. The van der Waals surface area contributed by atoms with Crippen molar-refractivity contribution in [1.29, 1.82) is 0 Å². The second-order valence-corrected chi connectivity index (χ2v) is 4.30. The fraction of sp³-hybridized carbons (Fsp3) is 1.00. The molecule has 0 aromatic carbocycles. The van der Waals surface area contributed by atoms with Gasteiger partial charge in [-0.25, -0.2) is 0 Å². The van der Waals surface area contributed by atoms with Crippen molar-refractivity contribution in [1.82, 2.24) is 0 Å². The molecule has 0 saturated heterocycles. The van der Waals surface area contributed by atoms with Gasteiger partial charge in [-0.15, -0.1) is 0 Å². The Morgan fingerprint density at radius 1 is 1.14 bits per heavy atom. The molecule has 0 spiro atoms. The van der Waals surface area contributed by atoms with Crippen molar-refractivity contribution in [3.8, 4) is 0 Å². The lowest BCUT2D eigenvalue weighted by Crippen LogP contribution is -2.43. The summed E-state index contributed by atoms with van der Waals surface area (Å²) in [6.45, 7) is 1.79. The molecular formula is C6H18NO6P. The fourth-order valence-electron chi connectivity index (χ4n) is 0.653. The van der Waals surface area contributed by atoms with Crippen LogP contribution in [0.25, 0.3) is 0 Å². The largest absolute Gasteiger partial charge is 0.756 e.